The molecule has 0 bridgehead atoms. The van der Waals surface area contributed by atoms with Gasteiger partial charge in [0.05, 0.1) is 12.0 Å². The number of aliphatic carboxylic acids is 1. The first-order valence-corrected chi connectivity index (χ1v) is 8.59. The molecule has 0 radical (unpaired) electrons. The van der Waals surface area contributed by atoms with Crippen LogP contribution in [0.15, 0.2) is 18.3 Å². The lowest BCUT2D eigenvalue weighted by atomic mass is 10.1. The van der Waals surface area contributed by atoms with Crippen LogP contribution in [0.4, 0.5) is 0 Å². The van der Waals surface area contributed by atoms with Crippen molar-refractivity contribution in [2.75, 3.05) is 13.1 Å². The molecule has 0 spiro atoms. The molecule has 0 saturated heterocycles. The van der Waals surface area contributed by atoms with Crippen LogP contribution in [0.25, 0.3) is 0 Å². The van der Waals surface area contributed by atoms with Gasteiger partial charge in [-0.2, -0.15) is 0 Å². The first-order valence-electron chi connectivity index (χ1n) is 8.59. The van der Waals surface area contributed by atoms with Gasteiger partial charge < -0.3 is 14.7 Å². The molecule has 1 aliphatic rings. The van der Waals surface area contributed by atoms with E-state index in [0.717, 1.165) is 12.8 Å². The summed E-state index contributed by atoms with van der Waals surface area (Å²) in [5.74, 6) is -0.292. The molecule has 1 fully saturated rings. The topological polar surface area (TPSA) is 79.7 Å². The minimum absolute atomic E-state index is 0.0608. The van der Waals surface area contributed by atoms with Crippen LogP contribution in [0.2, 0.25) is 0 Å². The van der Waals surface area contributed by atoms with Gasteiger partial charge in [-0.15, -0.1) is 0 Å². The van der Waals surface area contributed by atoms with Gasteiger partial charge in [0, 0.05) is 25.4 Å². The second-order valence-electron chi connectivity index (χ2n) is 6.70. The largest absolute Gasteiger partial charge is 0.481 e. The van der Waals surface area contributed by atoms with Gasteiger partial charge >= 0.3 is 5.97 Å². The number of hydrogen-bond donors (Lipinski definition) is 1. The van der Waals surface area contributed by atoms with Crippen molar-refractivity contribution in [3.05, 3.63) is 23.9 Å². The fourth-order valence-corrected chi connectivity index (χ4v) is 2.88. The Hall–Kier alpha value is -2.11. The maximum absolute atomic E-state index is 12.6. The highest BCUT2D eigenvalue weighted by Crippen LogP contribution is 2.23. The smallest absolute Gasteiger partial charge is 0.305 e. The lowest BCUT2D eigenvalue weighted by Crippen LogP contribution is -2.36. The van der Waals surface area contributed by atoms with Gasteiger partial charge in [0.25, 0.3) is 5.91 Å². The summed E-state index contributed by atoms with van der Waals surface area (Å²) in [4.78, 5) is 29.2. The molecular formula is C18H26N2O4. The van der Waals surface area contributed by atoms with E-state index in [0.29, 0.717) is 18.0 Å². The number of carboxylic acid groups (broad SMARTS) is 1. The predicted molar refractivity (Wildman–Crippen MR) is 90.1 cm³/mol. The number of carbonyl (C=O) groups is 2. The number of ether oxygens (including phenoxy) is 1. The molecule has 0 aliphatic heterocycles. The quantitative estimate of drug-likeness (QED) is 0.790. The summed E-state index contributed by atoms with van der Waals surface area (Å²) in [6.45, 7) is 4.72. The van der Waals surface area contributed by atoms with Crippen LogP contribution in [0.5, 0.6) is 5.88 Å². The highest BCUT2D eigenvalue weighted by molar-refractivity contribution is 5.94. The molecule has 1 aromatic rings. The normalized spacial score (nSPS) is 14.8. The summed E-state index contributed by atoms with van der Waals surface area (Å²) < 4.78 is 5.80. The van der Waals surface area contributed by atoms with Crippen LogP contribution in [0.1, 0.15) is 56.3 Å². The number of nitrogens with zero attached hydrogens (tertiary/aromatic N) is 2. The Morgan fingerprint density at radius 2 is 2.04 bits per heavy atom. The molecule has 1 aromatic heterocycles. The van der Waals surface area contributed by atoms with Gasteiger partial charge in [-0.3, -0.25) is 9.59 Å². The van der Waals surface area contributed by atoms with E-state index in [4.69, 9.17) is 9.84 Å². The van der Waals surface area contributed by atoms with Crippen LogP contribution in [0, 0.1) is 5.92 Å². The third kappa shape index (κ3) is 5.51. The molecule has 0 unspecified atom stereocenters. The van der Waals surface area contributed by atoms with Gasteiger partial charge in [0.2, 0.25) is 5.88 Å². The lowest BCUT2D eigenvalue weighted by Gasteiger charge is -2.24. The lowest BCUT2D eigenvalue weighted by molar-refractivity contribution is -0.137. The maximum atomic E-state index is 12.6. The first kappa shape index (κ1) is 18.2. The molecule has 1 aliphatic carbocycles. The molecule has 6 nitrogen and oxygen atoms in total. The molecule has 6 heteroatoms. The van der Waals surface area contributed by atoms with E-state index in [9.17, 15) is 9.59 Å². The number of rotatable bonds is 8. The summed E-state index contributed by atoms with van der Waals surface area (Å²) in [5.41, 5.74) is 0.458. The van der Waals surface area contributed by atoms with Crippen molar-refractivity contribution in [3.8, 4) is 5.88 Å². The molecule has 0 aromatic carbocycles. The fourth-order valence-electron chi connectivity index (χ4n) is 2.88. The van der Waals surface area contributed by atoms with Crippen molar-refractivity contribution in [2.45, 2.75) is 52.1 Å². The van der Waals surface area contributed by atoms with E-state index >= 15 is 0 Å². The van der Waals surface area contributed by atoms with E-state index in [-0.39, 0.29) is 30.9 Å². The highest BCUT2D eigenvalue weighted by Gasteiger charge is 2.20. The van der Waals surface area contributed by atoms with Gasteiger partial charge in [0.15, 0.2) is 0 Å². The zero-order chi connectivity index (χ0) is 17.5. The zero-order valence-corrected chi connectivity index (χ0v) is 14.4. The Morgan fingerprint density at radius 1 is 1.33 bits per heavy atom. The first-order chi connectivity index (χ1) is 11.5. The summed E-state index contributed by atoms with van der Waals surface area (Å²) >= 11 is 0. The molecule has 2 rings (SSSR count). The van der Waals surface area contributed by atoms with Crippen molar-refractivity contribution in [1.82, 2.24) is 9.88 Å². The van der Waals surface area contributed by atoms with Gasteiger partial charge in [0.1, 0.15) is 6.10 Å². The Bertz CT molecular complexity index is 551. The van der Waals surface area contributed by atoms with E-state index in [1.807, 2.05) is 13.8 Å². The monoisotopic (exact) mass is 334 g/mol. The highest BCUT2D eigenvalue weighted by atomic mass is 16.5. The summed E-state index contributed by atoms with van der Waals surface area (Å²) in [6, 6.07) is 3.42. The zero-order valence-electron chi connectivity index (χ0n) is 14.4. The Kier molecular flexibility index (Phi) is 6.58. The Balaban J connectivity index is 2.00. The number of aromatic nitrogens is 1. The molecule has 132 valence electrons. The Labute approximate surface area is 142 Å². The summed E-state index contributed by atoms with van der Waals surface area (Å²) in [5, 5.41) is 8.85. The van der Waals surface area contributed by atoms with Crippen molar-refractivity contribution in [2.24, 2.45) is 5.92 Å². The molecule has 1 heterocycles. The van der Waals surface area contributed by atoms with Crippen LogP contribution < -0.4 is 4.74 Å². The third-order valence-electron chi connectivity index (χ3n) is 4.04. The SMILES string of the molecule is CC(C)CN(CCC(=O)O)C(=O)c1ccc(OC2CCCC2)nc1. The molecule has 1 N–H and O–H groups in total. The van der Waals surface area contributed by atoms with Crippen LogP contribution in [-0.4, -0.2) is 46.1 Å². The summed E-state index contributed by atoms with van der Waals surface area (Å²) in [6.07, 6.45) is 6.17. The van der Waals surface area contributed by atoms with Crippen molar-refractivity contribution >= 4 is 11.9 Å². The predicted octanol–water partition coefficient (Wildman–Crippen LogP) is 2.98. The van der Waals surface area contributed by atoms with Crippen molar-refractivity contribution in [1.29, 1.82) is 0 Å². The van der Waals surface area contributed by atoms with Gasteiger partial charge in [-0.1, -0.05) is 13.8 Å². The maximum Gasteiger partial charge on any atom is 0.305 e. The van der Waals surface area contributed by atoms with E-state index in [1.165, 1.54) is 19.0 Å². The number of carboxylic acids is 1. The summed E-state index contributed by atoms with van der Waals surface area (Å²) in [7, 11) is 0. The average Bonchev–Trinajstić information content (AvgIpc) is 3.04. The van der Waals surface area contributed by atoms with E-state index < -0.39 is 5.97 Å². The standard InChI is InChI=1S/C18H26N2O4/c1-13(2)12-20(10-9-17(21)22)18(23)14-7-8-16(19-11-14)24-15-5-3-4-6-15/h7-8,11,13,15H,3-6,9-10,12H2,1-2H3,(H,21,22). The second kappa shape index (κ2) is 8.66. The van der Waals surface area contributed by atoms with Crippen LogP contribution >= 0.6 is 0 Å². The fraction of sp³-hybridized carbons (Fsp3) is 0.611. The number of amides is 1. The second-order valence-corrected chi connectivity index (χ2v) is 6.70. The Morgan fingerprint density at radius 3 is 2.58 bits per heavy atom. The van der Waals surface area contributed by atoms with E-state index in [1.54, 1.807) is 17.0 Å². The number of hydrogen-bond acceptors (Lipinski definition) is 4. The van der Waals surface area contributed by atoms with Crippen LogP contribution in [0.3, 0.4) is 0 Å². The number of carbonyl (C=O) groups excluding carboxylic acids is 1. The molecular weight excluding hydrogens is 308 g/mol. The average molecular weight is 334 g/mol. The van der Waals surface area contributed by atoms with Gasteiger partial charge in [-0.25, -0.2) is 4.98 Å². The van der Waals surface area contributed by atoms with Gasteiger partial charge in [-0.05, 0) is 37.7 Å². The minimum Gasteiger partial charge on any atom is -0.481 e. The molecule has 24 heavy (non-hydrogen) atoms. The third-order valence-corrected chi connectivity index (χ3v) is 4.04. The molecule has 0 atom stereocenters. The number of pyridine rings is 1. The van der Waals surface area contributed by atoms with Crippen molar-refractivity contribution < 1.29 is 19.4 Å². The minimum atomic E-state index is -0.907. The molecule has 1 saturated carbocycles. The van der Waals surface area contributed by atoms with Crippen molar-refractivity contribution in [3.63, 3.8) is 0 Å². The van der Waals surface area contributed by atoms with Crippen LogP contribution in [-0.2, 0) is 4.79 Å². The van der Waals surface area contributed by atoms with E-state index in [2.05, 4.69) is 4.98 Å². The molecule has 1 amide bonds.